The van der Waals surface area contributed by atoms with Crippen molar-refractivity contribution in [2.45, 2.75) is 31.8 Å². The van der Waals surface area contributed by atoms with Crippen LogP contribution in [0.15, 0.2) is 12.1 Å². The lowest BCUT2D eigenvalue weighted by molar-refractivity contribution is -0.243. The Balaban J connectivity index is 2.68. The van der Waals surface area contributed by atoms with Gasteiger partial charge in [-0.2, -0.15) is 0 Å². The van der Waals surface area contributed by atoms with Crippen LogP contribution in [-0.2, 0) is 12.4 Å². The first-order valence-corrected chi connectivity index (χ1v) is 5.25. The van der Waals surface area contributed by atoms with Crippen LogP contribution in [0.3, 0.4) is 0 Å². The van der Waals surface area contributed by atoms with Crippen LogP contribution in [-0.4, -0.2) is 20.9 Å². The number of hydrogen-bond donors (Lipinski definition) is 3. The molecule has 16 heavy (non-hydrogen) atoms. The molecular weight excluding hydrogens is 232 g/mol. The second-order valence-electron chi connectivity index (χ2n) is 4.38. The van der Waals surface area contributed by atoms with Crippen LogP contribution in [0, 0.1) is 0 Å². The second-order valence-corrected chi connectivity index (χ2v) is 4.82. The normalized spacial score (nSPS) is 20.4. The third kappa shape index (κ3) is 1.42. The van der Waals surface area contributed by atoms with E-state index in [0.29, 0.717) is 16.3 Å². The number of benzene rings is 1. The first-order valence-electron chi connectivity index (χ1n) is 4.87. The van der Waals surface area contributed by atoms with Crippen LogP contribution >= 0.6 is 11.6 Å². The number of aliphatic hydroxyl groups excluding tert-OH is 1. The van der Waals surface area contributed by atoms with Crippen molar-refractivity contribution in [1.29, 1.82) is 0 Å². The first kappa shape index (κ1) is 11.7. The smallest absolute Gasteiger partial charge is 0.234 e. The summed E-state index contributed by atoms with van der Waals surface area (Å²) in [6.45, 7) is 2.85. The topological polar surface area (TPSA) is 69.9 Å². The summed E-state index contributed by atoms with van der Waals surface area (Å²) in [6, 6.07) is 2.97. The molecule has 0 unspecified atom stereocenters. The Bertz CT molecular complexity index is 440. The highest BCUT2D eigenvalue weighted by Gasteiger charge is 2.53. The molecule has 0 bridgehead atoms. The second kappa shape index (κ2) is 3.34. The minimum Gasteiger partial charge on any atom is -0.481 e. The van der Waals surface area contributed by atoms with Gasteiger partial charge in [0.05, 0.1) is 12.2 Å². The first-order chi connectivity index (χ1) is 7.29. The van der Waals surface area contributed by atoms with E-state index in [2.05, 4.69) is 0 Å². The van der Waals surface area contributed by atoms with Crippen LogP contribution in [0.4, 0.5) is 0 Å². The molecule has 1 aromatic rings. The molecule has 0 saturated carbocycles. The molecule has 1 aromatic carbocycles. The fraction of sp³-hybridized carbons (Fsp3) is 0.455. The molecule has 2 rings (SSSR count). The predicted molar refractivity (Wildman–Crippen MR) is 58.2 cm³/mol. The quantitative estimate of drug-likeness (QED) is 0.648. The molecule has 0 radical (unpaired) electrons. The van der Waals surface area contributed by atoms with E-state index in [1.807, 2.05) is 0 Å². The van der Waals surface area contributed by atoms with E-state index in [0.717, 1.165) is 0 Å². The summed E-state index contributed by atoms with van der Waals surface area (Å²) in [7, 11) is 0. The maximum atomic E-state index is 10.0. The molecule has 1 aliphatic rings. The molecule has 0 amide bonds. The van der Waals surface area contributed by atoms with E-state index in [9.17, 15) is 10.2 Å². The molecule has 1 aliphatic heterocycles. The lowest BCUT2D eigenvalue weighted by Gasteiger charge is -2.29. The average Bonchev–Trinajstić information content (AvgIpc) is 2.35. The van der Waals surface area contributed by atoms with Crippen molar-refractivity contribution in [3.05, 3.63) is 28.3 Å². The van der Waals surface area contributed by atoms with Crippen molar-refractivity contribution in [2.75, 3.05) is 0 Å². The van der Waals surface area contributed by atoms with E-state index >= 15 is 0 Å². The largest absolute Gasteiger partial charge is 0.481 e. The summed E-state index contributed by atoms with van der Waals surface area (Å²) in [5, 5.41) is 29.5. The van der Waals surface area contributed by atoms with Crippen molar-refractivity contribution in [3.8, 4) is 5.75 Å². The van der Waals surface area contributed by atoms with Crippen LogP contribution in [0.1, 0.15) is 25.0 Å². The number of hydrogen-bond acceptors (Lipinski definition) is 4. The van der Waals surface area contributed by atoms with Crippen LogP contribution in [0.5, 0.6) is 5.75 Å². The van der Waals surface area contributed by atoms with Crippen molar-refractivity contribution in [1.82, 2.24) is 0 Å². The molecule has 0 saturated heterocycles. The third-order valence-corrected chi connectivity index (χ3v) is 3.09. The van der Waals surface area contributed by atoms with Gasteiger partial charge < -0.3 is 20.1 Å². The van der Waals surface area contributed by atoms with Crippen molar-refractivity contribution in [2.24, 2.45) is 0 Å². The molecule has 4 nitrogen and oxygen atoms in total. The van der Waals surface area contributed by atoms with Gasteiger partial charge in [-0.3, -0.25) is 0 Å². The minimum absolute atomic E-state index is 0.189. The monoisotopic (exact) mass is 244 g/mol. The zero-order chi connectivity index (χ0) is 12.1. The summed E-state index contributed by atoms with van der Waals surface area (Å²) in [5.74, 6) is -1.82. The van der Waals surface area contributed by atoms with E-state index in [-0.39, 0.29) is 12.2 Å². The molecule has 5 heteroatoms. The third-order valence-electron chi connectivity index (χ3n) is 2.87. The van der Waals surface area contributed by atoms with Crippen LogP contribution < -0.4 is 4.74 Å². The zero-order valence-corrected chi connectivity index (χ0v) is 9.75. The summed E-state index contributed by atoms with van der Waals surface area (Å²) in [4.78, 5) is 0. The molecule has 0 aromatic heterocycles. The van der Waals surface area contributed by atoms with Gasteiger partial charge in [0, 0.05) is 10.6 Å². The Kier molecular flexibility index (Phi) is 2.44. The minimum atomic E-state index is -2.11. The predicted octanol–water partition coefficient (Wildman–Crippen LogP) is 1.14. The fourth-order valence-corrected chi connectivity index (χ4v) is 2.04. The Hall–Kier alpha value is -0.810. The fourth-order valence-electron chi connectivity index (χ4n) is 1.80. The highest BCUT2D eigenvalue weighted by atomic mass is 35.5. The number of aliphatic hydroxyl groups is 3. The Morgan fingerprint density at radius 1 is 1.31 bits per heavy atom. The highest BCUT2D eigenvalue weighted by molar-refractivity contribution is 6.30. The standard InChI is InChI=1S/C11H13ClO4/c1-10(2)11(14,15)8-4-7(12)3-6(5-13)9(8)16-10/h3-4,13-15H,5H2,1-2H3. The highest BCUT2D eigenvalue weighted by Crippen LogP contribution is 2.48. The SMILES string of the molecule is CC1(C)Oc2c(CO)cc(Cl)cc2C1(O)O. The maximum absolute atomic E-state index is 10.0. The van der Waals surface area contributed by atoms with Gasteiger partial charge in [-0.25, -0.2) is 0 Å². The van der Waals surface area contributed by atoms with Crippen LogP contribution in [0.25, 0.3) is 0 Å². The molecule has 1 heterocycles. The number of halogens is 1. The van der Waals surface area contributed by atoms with Gasteiger partial charge in [0.1, 0.15) is 5.75 Å². The van der Waals surface area contributed by atoms with E-state index in [4.69, 9.17) is 21.4 Å². The zero-order valence-electron chi connectivity index (χ0n) is 8.99. The lowest BCUT2D eigenvalue weighted by atomic mass is 9.92. The number of fused-ring (bicyclic) bond motifs is 1. The summed E-state index contributed by atoms with van der Waals surface area (Å²) in [5.41, 5.74) is -0.543. The van der Waals surface area contributed by atoms with Crippen LogP contribution in [0.2, 0.25) is 5.02 Å². The van der Waals surface area contributed by atoms with Crippen molar-refractivity contribution >= 4 is 11.6 Å². The molecule has 88 valence electrons. The van der Waals surface area contributed by atoms with E-state index < -0.39 is 11.4 Å². The number of rotatable bonds is 1. The van der Waals surface area contributed by atoms with Gasteiger partial charge in [0.15, 0.2) is 5.60 Å². The van der Waals surface area contributed by atoms with Gasteiger partial charge in [-0.15, -0.1) is 0 Å². The number of ether oxygens (including phenoxy) is 1. The molecule has 0 atom stereocenters. The van der Waals surface area contributed by atoms with Crippen molar-refractivity contribution < 1.29 is 20.1 Å². The summed E-state index contributed by atoms with van der Waals surface area (Å²) < 4.78 is 5.47. The summed E-state index contributed by atoms with van der Waals surface area (Å²) in [6.07, 6.45) is 0. The van der Waals surface area contributed by atoms with E-state index in [1.54, 1.807) is 13.8 Å². The lowest BCUT2D eigenvalue weighted by Crippen LogP contribution is -2.46. The molecule has 3 N–H and O–H groups in total. The van der Waals surface area contributed by atoms with Gasteiger partial charge in [-0.05, 0) is 26.0 Å². The van der Waals surface area contributed by atoms with E-state index in [1.165, 1.54) is 12.1 Å². The Labute approximate surface area is 98.0 Å². The van der Waals surface area contributed by atoms with Crippen molar-refractivity contribution in [3.63, 3.8) is 0 Å². The molecular formula is C11H13ClO4. The summed E-state index contributed by atoms with van der Waals surface area (Å²) >= 11 is 5.84. The maximum Gasteiger partial charge on any atom is 0.234 e. The average molecular weight is 245 g/mol. The van der Waals surface area contributed by atoms with Gasteiger partial charge in [-0.1, -0.05) is 11.6 Å². The van der Waals surface area contributed by atoms with Gasteiger partial charge in [0.2, 0.25) is 5.79 Å². The Morgan fingerprint density at radius 2 is 1.94 bits per heavy atom. The molecule has 0 spiro atoms. The van der Waals surface area contributed by atoms with Gasteiger partial charge >= 0.3 is 0 Å². The van der Waals surface area contributed by atoms with Gasteiger partial charge in [0.25, 0.3) is 0 Å². The molecule has 0 fully saturated rings. The Morgan fingerprint density at radius 3 is 2.50 bits per heavy atom. The molecule has 0 aliphatic carbocycles.